The molecule has 0 fully saturated rings. The Labute approximate surface area is 134 Å². The van der Waals surface area contributed by atoms with Gasteiger partial charge in [-0.2, -0.15) is 0 Å². The molecular formula is C17H27ClN2O. The molecular weight excluding hydrogens is 284 g/mol. The molecule has 0 N–H and O–H groups in total. The summed E-state index contributed by atoms with van der Waals surface area (Å²) in [5.74, 6) is 0.629. The highest BCUT2D eigenvalue weighted by molar-refractivity contribution is 5.71. The number of unbranched alkanes of at least 4 members (excludes halogenated alkanes) is 1. The standard InChI is InChI=1S/C17H27N2O.ClH/c1-4-6-11-18-13-19(14-20-12-15(3)5-2)17-10-8-7-9-16(17)18;/h7-10,13,15H,4-6,11-12,14H2,1-3H3;1H/q+1;/p-1. The fourth-order valence-corrected chi connectivity index (χ4v) is 2.32. The Bertz CT molecular complexity index is 539. The van der Waals surface area contributed by atoms with E-state index in [-0.39, 0.29) is 12.4 Å². The van der Waals surface area contributed by atoms with Gasteiger partial charge in [-0.05, 0) is 24.5 Å². The summed E-state index contributed by atoms with van der Waals surface area (Å²) in [4.78, 5) is 0. The first-order valence-corrected chi connectivity index (χ1v) is 7.81. The summed E-state index contributed by atoms with van der Waals surface area (Å²) in [7, 11) is 0. The molecule has 1 atom stereocenters. The molecule has 0 saturated carbocycles. The SMILES string of the molecule is CCCCn1c[n+](COCC(C)CC)c2ccccc21.[Cl-]. The minimum atomic E-state index is 0. The molecule has 1 aromatic heterocycles. The van der Waals surface area contributed by atoms with Gasteiger partial charge >= 0.3 is 0 Å². The topological polar surface area (TPSA) is 18.0 Å². The van der Waals surface area contributed by atoms with Gasteiger partial charge < -0.3 is 17.1 Å². The molecule has 1 unspecified atom stereocenters. The Morgan fingerprint density at radius 1 is 1.24 bits per heavy atom. The van der Waals surface area contributed by atoms with Gasteiger partial charge in [-0.3, -0.25) is 0 Å². The number of nitrogens with zero attached hydrogens (tertiary/aromatic N) is 2. The molecule has 2 rings (SSSR count). The normalized spacial score (nSPS) is 12.3. The van der Waals surface area contributed by atoms with Crippen LogP contribution in [0.5, 0.6) is 0 Å². The summed E-state index contributed by atoms with van der Waals surface area (Å²) in [5, 5.41) is 0. The summed E-state index contributed by atoms with van der Waals surface area (Å²) in [6.07, 6.45) is 5.79. The zero-order valence-corrected chi connectivity index (χ0v) is 14.1. The predicted octanol–water partition coefficient (Wildman–Crippen LogP) is 0.753. The number of rotatable bonds is 8. The van der Waals surface area contributed by atoms with Crippen molar-refractivity contribution < 1.29 is 21.7 Å². The number of ether oxygens (including phenoxy) is 1. The number of benzene rings is 1. The summed E-state index contributed by atoms with van der Waals surface area (Å²) in [5.41, 5.74) is 2.56. The van der Waals surface area contributed by atoms with Crippen LogP contribution in [0.2, 0.25) is 0 Å². The molecule has 0 saturated heterocycles. The zero-order valence-electron chi connectivity index (χ0n) is 13.4. The van der Waals surface area contributed by atoms with Crippen LogP contribution in [-0.4, -0.2) is 11.2 Å². The Morgan fingerprint density at radius 2 is 2.00 bits per heavy atom. The molecule has 0 spiro atoms. The molecule has 118 valence electrons. The van der Waals surface area contributed by atoms with E-state index in [0.717, 1.165) is 13.2 Å². The van der Waals surface area contributed by atoms with Gasteiger partial charge in [0.1, 0.15) is 0 Å². The van der Waals surface area contributed by atoms with Crippen LogP contribution in [0.15, 0.2) is 30.6 Å². The lowest BCUT2D eigenvalue weighted by Gasteiger charge is -2.07. The number of aromatic nitrogens is 2. The van der Waals surface area contributed by atoms with E-state index in [4.69, 9.17) is 4.74 Å². The van der Waals surface area contributed by atoms with E-state index in [2.05, 4.69) is 60.5 Å². The molecule has 21 heavy (non-hydrogen) atoms. The molecule has 0 aliphatic heterocycles. The quantitative estimate of drug-likeness (QED) is 0.658. The second-order valence-corrected chi connectivity index (χ2v) is 5.63. The van der Waals surface area contributed by atoms with E-state index >= 15 is 0 Å². The van der Waals surface area contributed by atoms with Gasteiger partial charge in [0.25, 0.3) is 0 Å². The second-order valence-electron chi connectivity index (χ2n) is 5.63. The number of hydrogen-bond acceptors (Lipinski definition) is 1. The summed E-state index contributed by atoms with van der Waals surface area (Å²) in [6, 6.07) is 8.56. The third-order valence-corrected chi connectivity index (χ3v) is 3.86. The van der Waals surface area contributed by atoms with Crippen LogP contribution >= 0.6 is 0 Å². The molecule has 1 heterocycles. The fraction of sp³-hybridized carbons (Fsp3) is 0.588. The molecule has 0 bridgehead atoms. The highest BCUT2D eigenvalue weighted by Gasteiger charge is 2.14. The maximum absolute atomic E-state index is 5.85. The Hall–Kier alpha value is -1.06. The van der Waals surface area contributed by atoms with Crippen LogP contribution in [-0.2, 0) is 18.0 Å². The van der Waals surface area contributed by atoms with Crippen LogP contribution in [0.1, 0.15) is 40.0 Å². The summed E-state index contributed by atoms with van der Waals surface area (Å²) >= 11 is 0. The van der Waals surface area contributed by atoms with Crippen molar-refractivity contribution in [1.29, 1.82) is 0 Å². The van der Waals surface area contributed by atoms with Crippen molar-refractivity contribution >= 4 is 11.0 Å². The van der Waals surface area contributed by atoms with Crippen molar-refractivity contribution in [2.75, 3.05) is 6.61 Å². The maximum Gasteiger partial charge on any atom is 0.246 e. The molecule has 0 radical (unpaired) electrons. The third-order valence-electron chi connectivity index (χ3n) is 3.86. The van der Waals surface area contributed by atoms with Gasteiger partial charge in [0.05, 0.1) is 13.2 Å². The first-order valence-electron chi connectivity index (χ1n) is 7.81. The van der Waals surface area contributed by atoms with Crippen molar-refractivity contribution in [3.63, 3.8) is 0 Å². The summed E-state index contributed by atoms with van der Waals surface area (Å²) < 4.78 is 10.4. The van der Waals surface area contributed by atoms with E-state index in [1.807, 2.05) is 0 Å². The second kappa shape index (κ2) is 9.06. The van der Waals surface area contributed by atoms with Crippen LogP contribution < -0.4 is 17.0 Å². The van der Waals surface area contributed by atoms with Gasteiger partial charge in [0.15, 0.2) is 17.8 Å². The fourth-order valence-electron chi connectivity index (χ4n) is 2.32. The number of hydrogen-bond donors (Lipinski definition) is 0. The third kappa shape index (κ3) is 4.72. The summed E-state index contributed by atoms with van der Waals surface area (Å²) in [6.45, 7) is 9.22. The lowest BCUT2D eigenvalue weighted by Crippen LogP contribution is -3.00. The van der Waals surface area contributed by atoms with Crippen molar-refractivity contribution in [2.24, 2.45) is 5.92 Å². The number of fused-ring (bicyclic) bond motifs is 1. The van der Waals surface area contributed by atoms with Crippen LogP contribution in [0, 0.1) is 5.92 Å². The van der Waals surface area contributed by atoms with Crippen molar-refractivity contribution in [3.05, 3.63) is 30.6 Å². The van der Waals surface area contributed by atoms with Crippen LogP contribution in [0.4, 0.5) is 0 Å². The van der Waals surface area contributed by atoms with E-state index in [1.165, 1.54) is 30.3 Å². The minimum Gasteiger partial charge on any atom is -1.00 e. The number of halogens is 1. The highest BCUT2D eigenvalue weighted by atomic mass is 35.5. The molecule has 3 nitrogen and oxygen atoms in total. The largest absolute Gasteiger partial charge is 1.00 e. The van der Waals surface area contributed by atoms with Gasteiger partial charge in [-0.15, -0.1) is 0 Å². The Balaban J connectivity index is 0.00000220. The van der Waals surface area contributed by atoms with E-state index < -0.39 is 0 Å². The molecule has 4 heteroatoms. The lowest BCUT2D eigenvalue weighted by molar-refractivity contribution is -0.710. The van der Waals surface area contributed by atoms with E-state index in [0.29, 0.717) is 12.6 Å². The number of para-hydroxylation sites is 2. The van der Waals surface area contributed by atoms with E-state index in [9.17, 15) is 0 Å². The van der Waals surface area contributed by atoms with Crippen LogP contribution in [0.25, 0.3) is 11.0 Å². The average molecular weight is 311 g/mol. The molecule has 0 aliphatic carbocycles. The van der Waals surface area contributed by atoms with Crippen molar-refractivity contribution in [1.82, 2.24) is 4.57 Å². The Morgan fingerprint density at radius 3 is 2.71 bits per heavy atom. The monoisotopic (exact) mass is 310 g/mol. The lowest BCUT2D eigenvalue weighted by atomic mass is 10.1. The van der Waals surface area contributed by atoms with Gasteiger partial charge in [-0.1, -0.05) is 45.7 Å². The first kappa shape index (κ1) is 18.0. The highest BCUT2D eigenvalue weighted by Crippen LogP contribution is 2.12. The maximum atomic E-state index is 5.85. The molecule has 2 aromatic rings. The van der Waals surface area contributed by atoms with E-state index in [1.54, 1.807) is 0 Å². The number of aryl methyl sites for hydroxylation is 1. The molecule has 0 aliphatic rings. The predicted molar refractivity (Wildman–Crippen MR) is 82.4 cm³/mol. The van der Waals surface area contributed by atoms with Crippen LogP contribution in [0.3, 0.4) is 0 Å². The van der Waals surface area contributed by atoms with Gasteiger partial charge in [-0.25, -0.2) is 9.13 Å². The first-order chi connectivity index (χ1) is 9.76. The smallest absolute Gasteiger partial charge is 0.246 e. The van der Waals surface area contributed by atoms with Crippen molar-refractivity contribution in [2.45, 2.75) is 53.3 Å². The van der Waals surface area contributed by atoms with Gasteiger partial charge in [0.2, 0.25) is 6.33 Å². The van der Waals surface area contributed by atoms with Crippen molar-refractivity contribution in [3.8, 4) is 0 Å². The minimum absolute atomic E-state index is 0. The van der Waals surface area contributed by atoms with Gasteiger partial charge in [0, 0.05) is 0 Å². The molecule has 0 amide bonds. The Kier molecular flexibility index (Phi) is 7.76. The number of imidazole rings is 1. The molecule has 1 aromatic carbocycles. The zero-order chi connectivity index (χ0) is 14.4. The average Bonchev–Trinajstić information content (AvgIpc) is 2.83.